The highest BCUT2D eigenvalue weighted by Crippen LogP contribution is 2.49. The average molecular weight is 184 g/mol. The van der Waals surface area contributed by atoms with E-state index in [9.17, 15) is 0 Å². The maximum Gasteiger partial charge on any atom is 0.183 e. The highest BCUT2D eigenvalue weighted by atomic mass is 35.5. The molecular weight excluding hydrogens is 178 g/mol. The monoisotopic (exact) mass is 183 g/mol. The standard InChI is InChI=1S/C8H6ClNS/c1-2-8(3-4-8)6-5-10-7(9)11-6/h1,5H,3-4H2. The van der Waals surface area contributed by atoms with Crippen LogP contribution >= 0.6 is 22.9 Å². The SMILES string of the molecule is C#CC1(c2cnc(Cl)s2)CC1. The molecule has 56 valence electrons. The van der Waals surface area contributed by atoms with Crippen molar-refractivity contribution >= 4 is 22.9 Å². The Kier molecular flexibility index (Phi) is 1.45. The summed E-state index contributed by atoms with van der Waals surface area (Å²) in [4.78, 5) is 5.10. The van der Waals surface area contributed by atoms with Gasteiger partial charge in [0.25, 0.3) is 0 Å². The van der Waals surface area contributed by atoms with Crippen molar-refractivity contribution in [2.24, 2.45) is 0 Å². The lowest BCUT2D eigenvalue weighted by Gasteiger charge is -1.99. The minimum absolute atomic E-state index is 0.00477. The van der Waals surface area contributed by atoms with Crippen LogP contribution in [-0.4, -0.2) is 4.98 Å². The third-order valence-corrected chi connectivity index (χ3v) is 3.29. The molecule has 2 rings (SSSR count). The summed E-state index contributed by atoms with van der Waals surface area (Å²) in [6.07, 6.45) is 9.36. The molecule has 1 fully saturated rings. The number of halogens is 1. The molecule has 3 heteroatoms. The van der Waals surface area contributed by atoms with Crippen LogP contribution in [0.25, 0.3) is 0 Å². The number of rotatable bonds is 1. The smallest absolute Gasteiger partial charge is 0.183 e. The first-order valence-electron chi connectivity index (χ1n) is 3.36. The second-order valence-electron chi connectivity index (χ2n) is 2.70. The highest BCUT2D eigenvalue weighted by Gasteiger charge is 2.44. The molecule has 1 saturated carbocycles. The van der Waals surface area contributed by atoms with Crippen LogP contribution in [0.15, 0.2) is 6.20 Å². The molecule has 0 atom stereocenters. The van der Waals surface area contributed by atoms with E-state index >= 15 is 0 Å². The summed E-state index contributed by atoms with van der Waals surface area (Å²) in [6, 6.07) is 0. The van der Waals surface area contributed by atoms with Crippen LogP contribution in [0, 0.1) is 12.3 Å². The molecule has 0 unspecified atom stereocenters. The second-order valence-corrected chi connectivity index (χ2v) is 4.32. The van der Waals surface area contributed by atoms with E-state index < -0.39 is 0 Å². The Morgan fingerprint density at radius 3 is 2.82 bits per heavy atom. The van der Waals surface area contributed by atoms with Crippen LogP contribution in [0.3, 0.4) is 0 Å². The maximum absolute atomic E-state index is 5.69. The molecule has 1 aliphatic rings. The number of terminal acetylenes is 1. The summed E-state index contributed by atoms with van der Waals surface area (Å²) in [6.45, 7) is 0. The van der Waals surface area contributed by atoms with Gasteiger partial charge in [0, 0.05) is 11.1 Å². The van der Waals surface area contributed by atoms with Gasteiger partial charge >= 0.3 is 0 Å². The number of hydrogen-bond donors (Lipinski definition) is 0. The molecule has 0 saturated heterocycles. The third-order valence-electron chi connectivity index (χ3n) is 1.98. The van der Waals surface area contributed by atoms with E-state index in [1.807, 2.05) is 0 Å². The summed E-state index contributed by atoms with van der Waals surface area (Å²) < 4.78 is 0.585. The largest absolute Gasteiger partial charge is 0.233 e. The molecule has 1 aromatic heterocycles. The Morgan fingerprint density at radius 1 is 1.73 bits per heavy atom. The zero-order valence-corrected chi connectivity index (χ0v) is 7.37. The van der Waals surface area contributed by atoms with E-state index in [0.29, 0.717) is 4.47 Å². The topological polar surface area (TPSA) is 12.9 Å². The van der Waals surface area contributed by atoms with E-state index in [1.54, 1.807) is 6.20 Å². The number of thiazole rings is 1. The van der Waals surface area contributed by atoms with Crippen molar-refractivity contribution in [3.05, 3.63) is 15.5 Å². The van der Waals surface area contributed by atoms with Gasteiger partial charge in [-0.1, -0.05) is 17.5 Å². The van der Waals surface area contributed by atoms with Crippen molar-refractivity contribution in [1.82, 2.24) is 4.98 Å². The number of hydrogen-bond acceptors (Lipinski definition) is 2. The normalized spacial score (nSPS) is 19.3. The van der Waals surface area contributed by atoms with Gasteiger partial charge in [0.2, 0.25) is 0 Å². The Hall–Kier alpha value is -0.520. The van der Waals surface area contributed by atoms with Crippen LogP contribution in [0.1, 0.15) is 17.7 Å². The molecule has 0 aromatic carbocycles. The summed E-state index contributed by atoms with van der Waals surface area (Å²) in [7, 11) is 0. The Balaban J connectivity index is 2.38. The molecule has 0 amide bonds. The van der Waals surface area contributed by atoms with Crippen LogP contribution in [0.4, 0.5) is 0 Å². The number of nitrogens with zero attached hydrogens (tertiary/aromatic N) is 1. The molecule has 0 N–H and O–H groups in total. The van der Waals surface area contributed by atoms with Crippen molar-refractivity contribution < 1.29 is 0 Å². The van der Waals surface area contributed by atoms with Gasteiger partial charge in [0.05, 0.1) is 5.41 Å². The van der Waals surface area contributed by atoms with Crippen molar-refractivity contribution in [2.75, 3.05) is 0 Å². The molecule has 0 radical (unpaired) electrons. The minimum atomic E-state index is 0.00477. The first kappa shape index (κ1) is 7.15. The Labute approximate surface area is 74.4 Å². The highest BCUT2D eigenvalue weighted by molar-refractivity contribution is 7.15. The average Bonchev–Trinajstić information content (AvgIpc) is 2.70. The Bertz CT molecular complexity index is 319. The lowest BCUT2D eigenvalue weighted by molar-refractivity contribution is 0.955. The van der Waals surface area contributed by atoms with Crippen molar-refractivity contribution in [3.63, 3.8) is 0 Å². The predicted molar refractivity (Wildman–Crippen MR) is 46.9 cm³/mol. The molecule has 0 spiro atoms. The molecule has 0 aliphatic heterocycles. The van der Waals surface area contributed by atoms with Crippen molar-refractivity contribution in [3.8, 4) is 12.3 Å². The van der Waals surface area contributed by atoms with Gasteiger partial charge in [0.15, 0.2) is 4.47 Å². The van der Waals surface area contributed by atoms with E-state index in [-0.39, 0.29) is 5.41 Å². The molecule has 1 nitrogen and oxygen atoms in total. The molecule has 1 heterocycles. The zero-order chi connectivity index (χ0) is 7.90. The minimum Gasteiger partial charge on any atom is -0.233 e. The van der Waals surface area contributed by atoms with Crippen LogP contribution in [-0.2, 0) is 5.41 Å². The lowest BCUT2D eigenvalue weighted by atomic mass is 10.1. The Morgan fingerprint density at radius 2 is 2.45 bits per heavy atom. The second kappa shape index (κ2) is 2.23. The van der Waals surface area contributed by atoms with E-state index in [2.05, 4.69) is 10.9 Å². The van der Waals surface area contributed by atoms with Crippen LogP contribution in [0.2, 0.25) is 4.47 Å². The fourth-order valence-corrected chi connectivity index (χ4v) is 2.21. The van der Waals surface area contributed by atoms with Gasteiger partial charge in [-0.15, -0.1) is 17.8 Å². The molecule has 1 aromatic rings. The van der Waals surface area contributed by atoms with Crippen LogP contribution in [0.5, 0.6) is 0 Å². The molecule has 1 aliphatic carbocycles. The van der Waals surface area contributed by atoms with Gasteiger partial charge in [-0.3, -0.25) is 0 Å². The fourth-order valence-electron chi connectivity index (χ4n) is 1.06. The van der Waals surface area contributed by atoms with Gasteiger partial charge in [-0.25, -0.2) is 4.98 Å². The third kappa shape index (κ3) is 1.05. The first-order chi connectivity index (χ1) is 5.27. The van der Waals surface area contributed by atoms with Gasteiger partial charge in [-0.2, -0.15) is 0 Å². The summed E-state index contributed by atoms with van der Waals surface area (Å²) >= 11 is 7.18. The van der Waals surface area contributed by atoms with E-state index in [0.717, 1.165) is 17.7 Å². The predicted octanol–water partition coefficient (Wildman–Crippen LogP) is 2.46. The zero-order valence-electron chi connectivity index (χ0n) is 5.80. The lowest BCUT2D eigenvalue weighted by Crippen LogP contribution is -1.97. The van der Waals surface area contributed by atoms with Crippen LogP contribution < -0.4 is 0 Å². The summed E-state index contributed by atoms with van der Waals surface area (Å²) in [5, 5.41) is 0. The van der Waals surface area contributed by atoms with Gasteiger partial charge in [0.1, 0.15) is 0 Å². The van der Waals surface area contributed by atoms with Crippen molar-refractivity contribution in [1.29, 1.82) is 0 Å². The summed E-state index contributed by atoms with van der Waals surface area (Å²) in [5.74, 6) is 2.79. The van der Waals surface area contributed by atoms with E-state index in [1.165, 1.54) is 11.3 Å². The molecule has 0 bridgehead atoms. The van der Waals surface area contributed by atoms with Gasteiger partial charge in [-0.05, 0) is 12.8 Å². The maximum atomic E-state index is 5.69. The molecular formula is C8H6ClNS. The van der Waals surface area contributed by atoms with E-state index in [4.69, 9.17) is 18.0 Å². The first-order valence-corrected chi connectivity index (χ1v) is 4.56. The quantitative estimate of drug-likeness (QED) is 0.610. The van der Waals surface area contributed by atoms with Crippen molar-refractivity contribution in [2.45, 2.75) is 18.3 Å². The molecule has 11 heavy (non-hydrogen) atoms. The summed E-state index contributed by atoms with van der Waals surface area (Å²) in [5.41, 5.74) is 0.00477. The number of aromatic nitrogens is 1. The van der Waals surface area contributed by atoms with Gasteiger partial charge < -0.3 is 0 Å². The fraction of sp³-hybridized carbons (Fsp3) is 0.375.